The molecule has 0 spiro atoms. The van der Waals surface area contributed by atoms with Crippen LogP contribution in [0.1, 0.15) is 52.0 Å². The molecule has 0 saturated heterocycles. The number of anilines is 1. The van der Waals surface area contributed by atoms with E-state index in [0.29, 0.717) is 23.7 Å². The summed E-state index contributed by atoms with van der Waals surface area (Å²) in [7, 11) is 0. The Hall–Kier alpha value is -3.55. The molecule has 0 bridgehead atoms. The number of nitrogens with one attached hydrogen (secondary N) is 2. The topological polar surface area (TPSA) is 102 Å². The second-order valence-electron chi connectivity index (χ2n) is 7.57. The van der Waals surface area contributed by atoms with Crippen molar-refractivity contribution in [3.05, 3.63) is 64.2 Å². The molecule has 0 fully saturated rings. The van der Waals surface area contributed by atoms with Gasteiger partial charge in [0.15, 0.2) is 0 Å². The van der Waals surface area contributed by atoms with E-state index in [-0.39, 0.29) is 18.2 Å². The first-order valence-corrected chi connectivity index (χ1v) is 10.3. The highest BCUT2D eigenvalue weighted by Gasteiger charge is 2.18. The first-order valence-electron chi connectivity index (χ1n) is 10.3. The van der Waals surface area contributed by atoms with Gasteiger partial charge < -0.3 is 10.6 Å². The first-order chi connectivity index (χ1) is 14.8. The van der Waals surface area contributed by atoms with E-state index in [2.05, 4.69) is 25.7 Å². The largest absolute Gasteiger partial charge is 0.352 e. The monoisotopic (exact) mass is 420 g/mol. The Balaban J connectivity index is 1.76. The Kier molecular flexibility index (Phi) is 6.79. The predicted molar refractivity (Wildman–Crippen MR) is 120 cm³/mol. The van der Waals surface area contributed by atoms with Gasteiger partial charge in [-0.15, -0.1) is 0 Å². The molecule has 2 amide bonds. The number of rotatable bonds is 7. The molecule has 0 aliphatic heterocycles. The standard InChI is InChI=1S/C23H28N6O2/c1-6-10-24-22(31)18-8-7-9-19(12-18)27-21(30)13-20-16(4)28-29(17(20)5)23-25-14(2)11-15(3)26-23/h7-9,11-12H,6,10,13H2,1-5H3,(H,24,31)(H,27,30). The highest BCUT2D eigenvalue weighted by Crippen LogP contribution is 2.18. The van der Waals surface area contributed by atoms with Crippen LogP contribution in [0.3, 0.4) is 0 Å². The molecule has 3 rings (SSSR count). The molecular weight excluding hydrogens is 392 g/mol. The average Bonchev–Trinajstić information content (AvgIpc) is 2.99. The van der Waals surface area contributed by atoms with Crippen molar-refractivity contribution in [2.24, 2.45) is 0 Å². The Morgan fingerprint density at radius 3 is 2.42 bits per heavy atom. The van der Waals surface area contributed by atoms with Crippen LogP contribution in [-0.2, 0) is 11.2 Å². The summed E-state index contributed by atoms with van der Waals surface area (Å²) in [5.74, 6) is 0.160. The van der Waals surface area contributed by atoms with Crippen LogP contribution in [0.15, 0.2) is 30.3 Å². The fourth-order valence-corrected chi connectivity index (χ4v) is 3.37. The van der Waals surface area contributed by atoms with Crippen molar-refractivity contribution in [3.8, 4) is 5.95 Å². The molecule has 1 aromatic carbocycles. The molecule has 0 atom stereocenters. The molecule has 0 aliphatic carbocycles. The van der Waals surface area contributed by atoms with Gasteiger partial charge in [-0.05, 0) is 58.4 Å². The fourth-order valence-electron chi connectivity index (χ4n) is 3.37. The maximum atomic E-state index is 12.7. The van der Waals surface area contributed by atoms with E-state index in [4.69, 9.17) is 0 Å². The molecule has 3 aromatic rings. The average molecular weight is 421 g/mol. The molecule has 2 N–H and O–H groups in total. The third kappa shape index (κ3) is 5.33. The van der Waals surface area contributed by atoms with Crippen LogP contribution >= 0.6 is 0 Å². The zero-order chi connectivity index (χ0) is 22.5. The number of carbonyl (C=O) groups is 2. The summed E-state index contributed by atoms with van der Waals surface area (Å²) in [5, 5.41) is 10.3. The minimum Gasteiger partial charge on any atom is -0.352 e. The molecule has 162 valence electrons. The SMILES string of the molecule is CCCNC(=O)c1cccc(NC(=O)Cc2c(C)nn(-c3nc(C)cc(C)n3)c2C)c1. The lowest BCUT2D eigenvalue weighted by atomic mass is 10.1. The number of aromatic nitrogens is 4. The smallest absolute Gasteiger partial charge is 0.251 e. The number of carbonyl (C=O) groups excluding carboxylic acids is 2. The van der Waals surface area contributed by atoms with Crippen molar-refractivity contribution >= 4 is 17.5 Å². The van der Waals surface area contributed by atoms with Crippen molar-refractivity contribution in [1.82, 2.24) is 25.1 Å². The van der Waals surface area contributed by atoms with Crippen LogP contribution in [0.2, 0.25) is 0 Å². The fraction of sp³-hybridized carbons (Fsp3) is 0.348. The van der Waals surface area contributed by atoms with E-state index in [1.807, 2.05) is 40.7 Å². The number of aryl methyl sites for hydroxylation is 3. The molecule has 2 heterocycles. The van der Waals surface area contributed by atoms with Crippen molar-refractivity contribution in [2.45, 2.75) is 47.5 Å². The minimum absolute atomic E-state index is 0.153. The number of amides is 2. The van der Waals surface area contributed by atoms with E-state index in [1.165, 1.54) is 0 Å². The number of benzene rings is 1. The van der Waals surface area contributed by atoms with Crippen LogP contribution in [0.4, 0.5) is 5.69 Å². The Bertz CT molecular complexity index is 1100. The normalized spacial score (nSPS) is 10.7. The van der Waals surface area contributed by atoms with Gasteiger partial charge in [0, 0.05) is 40.4 Å². The van der Waals surface area contributed by atoms with Gasteiger partial charge >= 0.3 is 0 Å². The quantitative estimate of drug-likeness (QED) is 0.611. The molecule has 0 unspecified atom stereocenters. The molecule has 8 heteroatoms. The number of nitrogens with zero attached hydrogens (tertiary/aromatic N) is 4. The first kappa shape index (κ1) is 22.1. The third-order valence-electron chi connectivity index (χ3n) is 4.88. The van der Waals surface area contributed by atoms with Gasteiger partial charge in [-0.25, -0.2) is 14.6 Å². The van der Waals surface area contributed by atoms with E-state index in [9.17, 15) is 9.59 Å². The molecule has 0 aliphatic rings. The van der Waals surface area contributed by atoms with Gasteiger partial charge in [0.2, 0.25) is 5.91 Å². The van der Waals surface area contributed by atoms with Gasteiger partial charge in [-0.1, -0.05) is 13.0 Å². The summed E-state index contributed by atoms with van der Waals surface area (Å²) < 4.78 is 1.68. The summed E-state index contributed by atoms with van der Waals surface area (Å²) in [4.78, 5) is 33.8. The molecule has 2 aromatic heterocycles. The highest BCUT2D eigenvalue weighted by atomic mass is 16.2. The van der Waals surface area contributed by atoms with Gasteiger partial charge in [-0.2, -0.15) is 5.10 Å². The summed E-state index contributed by atoms with van der Waals surface area (Å²) in [6.07, 6.45) is 1.02. The zero-order valence-electron chi connectivity index (χ0n) is 18.6. The van der Waals surface area contributed by atoms with Crippen molar-refractivity contribution in [1.29, 1.82) is 0 Å². The van der Waals surface area contributed by atoms with E-state index >= 15 is 0 Å². The Morgan fingerprint density at radius 2 is 1.74 bits per heavy atom. The molecule has 8 nitrogen and oxygen atoms in total. The Labute approximate surface area is 182 Å². The second kappa shape index (κ2) is 9.51. The highest BCUT2D eigenvalue weighted by molar-refractivity contribution is 5.97. The molecule has 31 heavy (non-hydrogen) atoms. The van der Waals surface area contributed by atoms with Gasteiger partial charge in [0.05, 0.1) is 12.1 Å². The van der Waals surface area contributed by atoms with Crippen molar-refractivity contribution in [2.75, 3.05) is 11.9 Å². The lowest BCUT2D eigenvalue weighted by molar-refractivity contribution is -0.115. The van der Waals surface area contributed by atoms with Crippen LogP contribution in [0.5, 0.6) is 0 Å². The lowest BCUT2D eigenvalue weighted by Crippen LogP contribution is -2.24. The summed E-state index contributed by atoms with van der Waals surface area (Å²) in [5.41, 5.74) is 5.22. The number of hydrogen-bond acceptors (Lipinski definition) is 5. The number of hydrogen-bond donors (Lipinski definition) is 2. The summed E-state index contributed by atoms with van der Waals surface area (Å²) in [6.45, 7) is 10.2. The van der Waals surface area contributed by atoms with Crippen LogP contribution in [0, 0.1) is 27.7 Å². The van der Waals surface area contributed by atoms with Gasteiger partial charge in [0.25, 0.3) is 11.9 Å². The van der Waals surface area contributed by atoms with Crippen LogP contribution in [0.25, 0.3) is 5.95 Å². The lowest BCUT2D eigenvalue weighted by Gasteiger charge is -2.09. The maximum Gasteiger partial charge on any atom is 0.251 e. The molecular formula is C23H28N6O2. The summed E-state index contributed by atoms with van der Waals surface area (Å²) in [6, 6.07) is 8.82. The Morgan fingerprint density at radius 1 is 1.03 bits per heavy atom. The van der Waals surface area contributed by atoms with Gasteiger partial charge in [0.1, 0.15) is 0 Å². The molecule has 0 radical (unpaired) electrons. The van der Waals surface area contributed by atoms with E-state index < -0.39 is 0 Å². The summed E-state index contributed by atoms with van der Waals surface area (Å²) >= 11 is 0. The van der Waals surface area contributed by atoms with E-state index in [0.717, 1.165) is 34.8 Å². The zero-order valence-corrected chi connectivity index (χ0v) is 18.6. The van der Waals surface area contributed by atoms with Crippen molar-refractivity contribution < 1.29 is 9.59 Å². The molecule has 0 saturated carbocycles. The van der Waals surface area contributed by atoms with Crippen LogP contribution in [-0.4, -0.2) is 38.1 Å². The predicted octanol–water partition coefficient (Wildman–Crippen LogP) is 3.22. The van der Waals surface area contributed by atoms with Crippen LogP contribution < -0.4 is 10.6 Å². The second-order valence-corrected chi connectivity index (χ2v) is 7.57. The van der Waals surface area contributed by atoms with Crippen molar-refractivity contribution in [3.63, 3.8) is 0 Å². The van der Waals surface area contributed by atoms with E-state index in [1.54, 1.807) is 28.9 Å². The van der Waals surface area contributed by atoms with Gasteiger partial charge in [-0.3, -0.25) is 9.59 Å². The minimum atomic E-state index is -0.182. The third-order valence-corrected chi connectivity index (χ3v) is 4.88. The maximum absolute atomic E-state index is 12.7.